The molecule has 23 heavy (non-hydrogen) atoms. The molecule has 8 heteroatoms. The summed E-state index contributed by atoms with van der Waals surface area (Å²) in [6.07, 6.45) is -4.37. The number of piperazine rings is 1. The first-order chi connectivity index (χ1) is 10.8. The van der Waals surface area contributed by atoms with E-state index >= 15 is 0 Å². The number of rotatable bonds is 3. The van der Waals surface area contributed by atoms with E-state index in [1.54, 1.807) is 4.90 Å². The predicted octanol–water partition coefficient (Wildman–Crippen LogP) is 1.14. The topological polar surface area (TPSA) is 61.4 Å². The van der Waals surface area contributed by atoms with Crippen LogP contribution in [0.25, 0.3) is 0 Å². The van der Waals surface area contributed by atoms with E-state index in [0.29, 0.717) is 18.7 Å². The first kappa shape index (κ1) is 17.3. The second kappa shape index (κ2) is 6.99. The van der Waals surface area contributed by atoms with Gasteiger partial charge in [-0.2, -0.15) is 13.2 Å². The number of nitrogens with zero attached hydrogens (tertiary/aromatic N) is 1. The highest BCUT2D eigenvalue weighted by atomic mass is 19.4. The van der Waals surface area contributed by atoms with Crippen molar-refractivity contribution in [3.63, 3.8) is 0 Å². The van der Waals surface area contributed by atoms with Crippen LogP contribution in [0.2, 0.25) is 0 Å². The van der Waals surface area contributed by atoms with Crippen molar-refractivity contribution in [2.75, 3.05) is 19.6 Å². The monoisotopic (exact) mass is 329 g/mol. The zero-order chi connectivity index (χ0) is 17.0. The molecule has 2 rings (SSSR count). The van der Waals surface area contributed by atoms with Crippen LogP contribution >= 0.6 is 0 Å². The van der Waals surface area contributed by atoms with Gasteiger partial charge in [0.15, 0.2) is 0 Å². The molecule has 1 saturated heterocycles. The Morgan fingerprint density at radius 2 is 1.96 bits per heavy atom. The van der Waals surface area contributed by atoms with E-state index < -0.39 is 17.8 Å². The molecule has 0 aliphatic carbocycles. The maximum absolute atomic E-state index is 12.5. The highest BCUT2D eigenvalue weighted by Crippen LogP contribution is 2.29. The Morgan fingerprint density at radius 3 is 2.52 bits per heavy atom. The van der Waals surface area contributed by atoms with E-state index in [-0.39, 0.29) is 24.9 Å². The van der Waals surface area contributed by atoms with Gasteiger partial charge in [0, 0.05) is 33.1 Å². The molecule has 5 nitrogen and oxygen atoms in total. The molecule has 2 N–H and O–H groups in total. The Balaban J connectivity index is 1.88. The maximum atomic E-state index is 12.5. The Labute approximate surface area is 131 Å². The minimum absolute atomic E-state index is 0.0907. The summed E-state index contributed by atoms with van der Waals surface area (Å²) >= 11 is 0. The molecule has 1 atom stereocenters. The van der Waals surface area contributed by atoms with Crippen molar-refractivity contribution in [1.82, 2.24) is 15.5 Å². The number of hydrogen-bond acceptors (Lipinski definition) is 3. The van der Waals surface area contributed by atoms with Gasteiger partial charge in [0.25, 0.3) is 0 Å². The van der Waals surface area contributed by atoms with Gasteiger partial charge in [0.2, 0.25) is 11.8 Å². The lowest BCUT2D eigenvalue weighted by atomic mass is 10.1. The van der Waals surface area contributed by atoms with Crippen molar-refractivity contribution in [3.8, 4) is 0 Å². The van der Waals surface area contributed by atoms with Crippen molar-refractivity contribution in [3.05, 3.63) is 35.4 Å². The largest absolute Gasteiger partial charge is 0.416 e. The number of hydrogen-bond donors (Lipinski definition) is 2. The first-order valence-electron chi connectivity index (χ1n) is 7.20. The Hall–Kier alpha value is -2.09. The normalized spacial score (nSPS) is 18.6. The number of benzene rings is 1. The third-order valence-corrected chi connectivity index (χ3v) is 3.69. The molecule has 1 aliphatic heterocycles. The Bertz CT molecular complexity index is 572. The highest BCUT2D eigenvalue weighted by molar-refractivity contribution is 5.83. The lowest BCUT2D eigenvalue weighted by Gasteiger charge is -2.32. The molecule has 1 heterocycles. The van der Waals surface area contributed by atoms with Crippen LogP contribution in [0.3, 0.4) is 0 Å². The van der Waals surface area contributed by atoms with E-state index in [9.17, 15) is 22.8 Å². The number of halogens is 3. The van der Waals surface area contributed by atoms with Crippen LogP contribution in [0.5, 0.6) is 0 Å². The van der Waals surface area contributed by atoms with E-state index in [1.165, 1.54) is 19.1 Å². The molecule has 1 unspecified atom stereocenters. The van der Waals surface area contributed by atoms with Gasteiger partial charge in [0.1, 0.15) is 6.04 Å². The van der Waals surface area contributed by atoms with Crippen molar-refractivity contribution >= 4 is 11.8 Å². The second-order valence-electron chi connectivity index (χ2n) is 5.38. The van der Waals surface area contributed by atoms with E-state index in [1.807, 2.05) is 0 Å². The molecule has 0 spiro atoms. The van der Waals surface area contributed by atoms with Gasteiger partial charge in [-0.1, -0.05) is 12.1 Å². The van der Waals surface area contributed by atoms with Crippen molar-refractivity contribution in [1.29, 1.82) is 0 Å². The number of alkyl halides is 3. The van der Waals surface area contributed by atoms with E-state index in [0.717, 1.165) is 12.1 Å². The molecule has 1 fully saturated rings. The molecule has 0 saturated carbocycles. The Morgan fingerprint density at radius 1 is 1.30 bits per heavy atom. The summed E-state index contributed by atoms with van der Waals surface area (Å²) < 4.78 is 37.4. The second-order valence-corrected chi connectivity index (χ2v) is 5.38. The average molecular weight is 329 g/mol. The molecule has 1 aliphatic rings. The fourth-order valence-electron chi connectivity index (χ4n) is 2.34. The smallest absolute Gasteiger partial charge is 0.351 e. The minimum atomic E-state index is -4.37. The summed E-state index contributed by atoms with van der Waals surface area (Å²) in [6.45, 7) is 2.95. The van der Waals surface area contributed by atoms with Gasteiger partial charge in [-0.05, 0) is 17.7 Å². The zero-order valence-corrected chi connectivity index (χ0v) is 12.6. The lowest BCUT2D eigenvalue weighted by Crippen LogP contribution is -2.57. The predicted molar refractivity (Wildman–Crippen MR) is 77.3 cm³/mol. The van der Waals surface area contributed by atoms with Crippen LogP contribution in [0.1, 0.15) is 18.1 Å². The van der Waals surface area contributed by atoms with Gasteiger partial charge in [-0.3, -0.25) is 9.59 Å². The summed E-state index contributed by atoms with van der Waals surface area (Å²) in [5.41, 5.74) is -0.149. The van der Waals surface area contributed by atoms with Crippen molar-refractivity contribution < 1.29 is 22.8 Å². The number of carbonyl (C=O) groups excluding carboxylic acids is 2. The minimum Gasteiger partial charge on any atom is -0.351 e. The van der Waals surface area contributed by atoms with Crippen LogP contribution < -0.4 is 10.6 Å². The van der Waals surface area contributed by atoms with Crippen LogP contribution in [0.15, 0.2) is 24.3 Å². The molecule has 0 aromatic heterocycles. The summed E-state index contributed by atoms with van der Waals surface area (Å²) in [6, 6.07) is 4.12. The summed E-state index contributed by atoms with van der Waals surface area (Å²) in [5.74, 6) is -0.372. The fourth-order valence-corrected chi connectivity index (χ4v) is 2.34. The Kier molecular flexibility index (Phi) is 5.25. The molecule has 0 bridgehead atoms. The zero-order valence-electron chi connectivity index (χ0n) is 12.6. The van der Waals surface area contributed by atoms with Crippen LogP contribution in [-0.2, 0) is 22.3 Å². The lowest BCUT2D eigenvalue weighted by molar-refractivity contribution is -0.137. The van der Waals surface area contributed by atoms with Gasteiger partial charge < -0.3 is 15.5 Å². The SMILES string of the molecule is CC(=O)N1CCNC(C(=O)NCc2ccc(C(F)(F)F)cc2)C1. The van der Waals surface area contributed by atoms with Gasteiger partial charge in [-0.15, -0.1) is 0 Å². The number of carbonyl (C=O) groups is 2. The van der Waals surface area contributed by atoms with Gasteiger partial charge in [0.05, 0.1) is 5.56 Å². The van der Waals surface area contributed by atoms with Crippen LogP contribution in [-0.4, -0.2) is 42.4 Å². The third-order valence-electron chi connectivity index (χ3n) is 3.69. The van der Waals surface area contributed by atoms with Crippen molar-refractivity contribution in [2.45, 2.75) is 25.7 Å². The van der Waals surface area contributed by atoms with E-state index in [4.69, 9.17) is 0 Å². The van der Waals surface area contributed by atoms with Crippen molar-refractivity contribution in [2.24, 2.45) is 0 Å². The van der Waals surface area contributed by atoms with Gasteiger partial charge >= 0.3 is 6.18 Å². The standard InChI is InChI=1S/C15H18F3N3O2/c1-10(22)21-7-6-19-13(9-21)14(23)20-8-11-2-4-12(5-3-11)15(16,17)18/h2-5,13,19H,6-9H2,1H3,(H,20,23). The molecule has 0 radical (unpaired) electrons. The third kappa shape index (κ3) is 4.69. The highest BCUT2D eigenvalue weighted by Gasteiger charge is 2.30. The molecule has 126 valence electrons. The van der Waals surface area contributed by atoms with Crippen LogP contribution in [0, 0.1) is 0 Å². The number of nitrogens with one attached hydrogen (secondary N) is 2. The summed E-state index contributed by atoms with van der Waals surface area (Å²) in [5, 5.41) is 5.68. The molecule has 1 aromatic carbocycles. The van der Waals surface area contributed by atoms with Gasteiger partial charge in [-0.25, -0.2) is 0 Å². The molecular weight excluding hydrogens is 311 g/mol. The summed E-state index contributed by atoms with van der Waals surface area (Å²) in [4.78, 5) is 25.0. The molecule has 1 aromatic rings. The fraction of sp³-hybridized carbons (Fsp3) is 0.467. The molecular formula is C15H18F3N3O2. The quantitative estimate of drug-likeness (QED) is 0.874. The number of amides is 2. The van der Waals surface area contributed by atoms with Crippen LogP contribution in [0.4, 0.5) is 13.2 Å². The van der Waals surface area contributed by atoms with E-state index in [2.05, 4.69) is 10.6 Å². The maximum Gasteiger partial charge on any atom is 0.416 e. The molecule has 2 amide bonds. The average Bonchev–Trinajstić information content (AvgIpc) is 2.52. The summed E-state index contributed by atoms with van der Waals surface area (Å²) in [7, 11) is 0. The first-order valence-corrected chi connectivity index (χ1v) is 7.20.